The van der Waals surface area contributed by atoms with E-state index >= 15 is 0 Å². The lowest BCUT2D eigenvalue weighted by Gasteiger charge is -2.19. The Balaban J connectivity index is 1.88. The summed E-state index contributed by atoms with van der Waals surface area (Å²) in [5, 5.41) is 1.33. The molecule has 1 heterocycles. The Kier molecular flexibility index (Phi) is 5.51. The molecule has 21 heavy (non-hydrogen) atoms. The quantitative estimate of drug-likeness (QED) is 0.497. The maximum absolute atomic E-state index is 4.90. The van der Waals surface area contributed by atoms with E-state index in [9.17, 15) is 0 Å². The third-order valence-corrected chi connectivity index (χ3v) is 6.66. The van der Waals surface area contributed by atoms with E-state index in [1.165, 1.54) is 49.2 Å². The van der Waals surface area contributed by atoms with E-state index in [1.807, 2.05) is 11.3 Å². The van der Waals surface area contributed by atoms with Gasteiger partial charge in [0.2, 0.25) is 0 Å². The summed E-state index contributed by atoms with van der Waals surface area (Å²) in [5.41, 5.74) is 2.09. The summed E-state index contributed by atoms with van der Waals surface area (Å²) in [5.74, 6) is 2.01. The second-order valence-corrected chi connectivity index (χ2v) is 9.01. The summed E-state index contributed by atoms with van der Waals surface area (Å²) in [7, 11) is 0. The van der Waals surface area contributed by atoms with E-state index in [2.05, 4.69) is 41.5 Å². The van der Waals surface area contributed by atoms with E-state index in [1.54, 1.807) is 4.88 Å². The first-order chi connectivity index (χ1) is 9.85. The van der Waals surface area contributed by atoms with Crippen molar-refractivity contribution < 1.29 is 0 Å². The van der Waals surface area contributed by atoms with E-state index < -0.39 is 0 Å². The minimum absolute atomic E-state index is 0.564. The lowest BCUT2D eigenvalue weighted by Crippen LogP contribution is -2.09. The van der Waals surface area contributed by atoms with Crippen molar-refractivity contribution in [1.82, 2.24) is 4.98 Å². The summed E-state index contributed by atoms with van der Waals surface area (Å²) >= 11 is 1.96. The SMILES string of the molecule is CC(C)c1nc(C(C)C)c(CCCCC2(C(C)C)CC2)s1. The van der Waals surface area contributed by atoms with Crippen LogP contribution in [0.25, 0.3) is 0 Å². The fraction of sp³-hybridized carbons (Fsp3) is 0.842. The fourth-order valence-corrected chi connectivity index (χ4v) is 4.56. The molecule has 0 amide bonds. The van der Waals surface area contributed by atoms with Gasteiger partial charge in [-0.25, -0.2) is 4.98 Å². The highest BCUT2D eigenvalue weighted by molar-refractivity contribution is 7.11. The van der Waals surface area contributed by atoms with Gasteiger partial charge in [0.1, 0.15) is 0 Å². The van der Waals surface area contributed by atoms with E-state index in [0.29, 0.717) is 11.8 Å². The van der Waals surface area contributed by atoms with Gasteiger partial charge in [0, 0.05) is 10.8 Å². The zero-order valence-corrected chi connectivity index (χ0v) is 15.6. The zero-order valence-electron chi connectivity index (χ0n) is 14.8. The average Bonchev–Trinajstić information content (AvgIpc) is 3.06. The van der Waals surface area contributed by atoms with Crippen LogP contribution in [-0.4, -0.2) is 4.98 Å². The number of rotatable bonds is 8. The number of unbranched alkanes of at least 4 members (excludes halogenated alkanes) is 1. The summed E-state index contributed by atoms with van der Waals surface area (Å²) in [4.78, 5) is 6.45. The molecule has 120 valence electrons. The number of nitrogens with zero attached hydrogens (tertiary/aromatic N) is 1. The van der Waals surface area contributed by atoms with Gasteiger partial charge >= 0.3 is 0 Å². The van der Waals surface area contributed by atoms with Crippen LogP contribution in [0.2, 0.25) is 0 Å². The second-order valence-electron chi connectivity index (χ2n) is 7.89. The predicted molar refractivity (Wildman–Crippen MR) is 94.4 cm³/mol. The lowest BCUT2D eigenvalue weighted by molar-refractivity contribution is 0.322. The van der Waals surface area contributed by atoms with Crippen LogP contribution in [0.5, 0.6) is 0 Å². The predicted octanol–water partition coefficient (Wildman–Crippen LogP) is 6.54. The maximum atomic E-state index is 4.90. The van der Waals surface area contributed by atoms with Crippen LogP contribution >= 0.6 is 11.3 Å². The molecular weight excluding hydrogens is 274 g/mol. The summed E-state index contributed by atoms with van der Waals surface area (Å²) in [6.07, 6.45) is 8.36. The number of aromatic nitrogens is 1. The Hall–Kier alpha value is -0.370. The van der Waals surface area contributed by atoms with Gasteiger partial charge in [-0.05, 0) is 49.4 Å². The molecule has 0 aliphatic heterocycles. The van der Waals surface area contributed by atoms with Crippen LogP contribution in [0.3, 0.4) is 0 Å². The van der Waals surface area contributed by atoms with Crippen molar-refractivity contribution in [1.29, 1.82) is 0 Å². The van der Waals surface area contributed by atoms with E-state index in [-0.39, 0.29) is 0 Å². The molecule has 0 unspecified atom stereocenters. The molecule has 2 rings (SSSR count). The molecule has 1 fully saturated rings. The van der Waals surface area contributed by atoms with Gasteiger partial charge in [-0.15, -0.1) is 11.3 Å². The molecule has 0 spiro atoms. The van der Waals surface area contributed by atoms with Gasteiger partial charge in [0.05, 0.1) is 10.7 Å². The third kappa shape index (κ3) is 4.09. The molecule has 0 aromatic carbocycles. The first-order valence-electron chi connectivity index (χ1n) is 8.85. The summed E-state index contributed by atoms with van der Waals surface area (Å²) in [6, 6.07) is 0. The van der Waals surface area contributed by atoms with Gasteiger partial charge in [0.15, 0.2) is 0 Å². The minimum Gasteiger partial charge on any atom is -0.245 e. The molecule has 1 saturated carbocycles. The third-order valence-electron chi connectivity index (χ3n) is 5.23. The van der Waals surface area contributed by atoms with Crippen LogP contribution in [0.1, 0.15) is 101 Å². The topological polar surface area (TPSA) is 12.9 Å². The Morgan fingerprint density at radius 1 is 1.00 bits per heavy atom. The van der Waals surface area contributed by atoms with Crippen molar-refractivity contribution >= 4 is 11.3 Å². The fourth-order valence-electron chi connectivity index (χ4n) is 3.30. The van der Waals surface area contributed by atoms with Gasteiger partial charge in [-0.2, -0.15) is 0 Å². The van der Waals surface area contributed by atoms with Crippen LogP contribution in [0.4, 0.5) is 0 Å². The number of aryl methyl sites for hydroxylation is 1. The van der Waals surface area contributed by atoms with Crippen molar-refractivity contribution in [3.8, 4) is 0 Å². The highest BCUT2D eigenvalue weighted by Crippen LogP contribution is 2.55. The van der Waals surface area contributed by atoms with Gasteiger partial charge < -0.3 is 0 Å². The lowest BCUT2D eigenvalue weighted by atomic mass is 9.87. The number of thiazole rings is 1. The van der Waals surface area contributed by atoms with Crippen molar-refractivity contribution in [2.45, 2.75) is 91.9 Å². The molecule has 2 heteroatoms. The Morgan fingerprint density at radius 3 is 2.14 bits per heavy atom. The average molecular weight is 308 g/mol. The monoisotopic (exact) mass is 307 g/mol. The van der Waals surface area contributed by atoms with Gasteiger partial charge in [-0.1, -0.05) is 48.0 Å². The molecule has 0 radical (unpaired) electrons. The molecule has 1 aliphatic carbocycles. The standard InChI is InChI=1S/C19H33NS/c1-13(2)17-16(21-18(20-17)14(3)4)9-7-8-10-19(11-12-19)15(5)6/h13-15H,7-12H2,1-6H3. The first kappa shape index (κ1) is 17.0. The molecule has 0 saturated heterocycles. The first-order valence-corrected chi connectivity index (χ1v) is 9.67. The van der Waals surface area contributed by atoms with Crippen molar-refractivity contribution in [2.75, 3.05) is 0 Å². The maximum Gasteiger partial charge on any atom is 0.0956 e. The molecule has 0 bridgehead atoms. The minimum atomic E-state index is 0.564. The van der Waals surface area contributed by atoms with Crippen molar-refractivity contribution in [3.63, 3.8) is 0 Å². The molecule has 1 aromatic rings. The highest BCUT2D eigenvalue weighted by Gasteiger charge is 2.44. The molecule has 1 aromatic heterocycles. The van der Waals surface area contributed by atoms with Crippen LogP contribution < -0.4 is 0 Å². The smallest absolute Gasteiger partial charge is 0.0956 e. The zero-order chi connectivity index (χ0) is 15.6. The van der Waals surface area contributed by atoms with Crippen LogP contribution in [0.15, 0.2) is 0 Å². The number of hydrogen-bond acceptors (Lipinski definition) is 2. The number of hydrogen-bond donors (Lipinski definition) is 0. The summed E-state index contributed by atoms with van der Waals surface area (Å²) in [6.45, 7) is 13.9. The van der Waals surface area contributed by atoms with Crippen LogP contribution in [0, 0.1) is 11.3 Å². The largest absolute Gasteiger partial charge is 0.245 e. The summed E-state index contributed by atoms with van der Waals surface area (Å²) < 4.78 is 0. The van der Waals surface area contributed by atoms with Gasteiger partial charge in [-0.3, -0.25) is 0 Å². The Morgan fingerprint density at radius 2 is 1.67 bits per heavy atom. The normalized spacial score (nSPS) is 17.2. The molecule has 1 aliphatic rings. The molecule has 0 atom stereocenters. The molecular formula is C19H33NS. The molecule has 0 N–H and O–H groups in total. The Bertz CT molecular complexity index is 452. The highest BCUT2D eigenvalue weighted by atomic mass is 32.1. The van der Waals surface area contributed by atoms with E-state index in [0.717, 1.165) is 11.3 Å². The molecule has 1 nitrogen and oxygen atoms in total. The Labute approximate surface area is 135 Å². The van der Waals surface area contributed by atoms with Gasteiger partial charge in [0.25, 0.3) is 0 Å². The van der Waals surface area contributed by atoms with Crippen molar-refractivity contribution in [2.24, 2.45) is 11.3 Å². The van der Waals surface area contributed by atoms with E-state index in [4.69, 9.17) is 4.98 Å². The van der Waals surface area contributed by atoms with Crippen LogP contribution in [-0.2, 0) is 6.42 Å². The van der Waals surface area contributed by atoms with Crippen molar-refractivity contribution in [3.05, 3.63) is 15.6 Å². The second kappa shape index (κ2) is 6.81.